The third-order valence-electron chi connectivity index (χ3n) is 5.71. The predicted octanol–water partition coefficient (Wildman–Crippen LogP) is 5.91. The number of hydrogen-bond donors (Lipinski definition) is 0. The first-order valence-corrected chi connectivity index (χ1v) is 9.31. The Morgan fingerprint density at radius 3 is 1.96 bits per heavy atom. The van der Waals surface area contributed by atoms with Crippen LogP contribution in [0.4, 0.5) is 0 Å². The van der Waals surface area contributed by atoms with Gasteiger partial charge >= 0.3 is 5.97 Å². The molecule has 0 N–H and O–H groups in total. The minimum absolute atomic E-state index is 0.0655. The molecule has 2 aliphatic carbocycles. The van der Waals surface area contributed by atoms with Gasteiger partial charge in [0.2, 0.25) is 0 Å². The number of alkyl halides is 3. The van der Waals surface area contributed by atoms with Crippen molar-refractivity contribution in [3.8, 4) is 0 Å². The average Bonchev–Trinajstić information content (AvgIpc) is 2.74. The normalized spacial score (nSPS) is 29.7. The molecule has 0 unspecified atom stereocenters. The summed E-state index contributed by atoms with van der Waals surface area (Å²) >= 11 is 19.6. The van der Waals surface area contributed by atoms with Crippen molar-refractivity contribution in [1.29, 1.82) is 0 Å². The molecule has 130 valence electrons. The molecule has 0 spiro atoms. The molecule has 0 amide bonds. The van der Waals surface area contributed by atoms with Crippen molar-refractivity contribution in [2.75, 3.05) is 0 Å². The number of carbonyl (C=O) groups is 1. The van der Waals surface area contributed by atoms with Crippen molar-refractivity contribution < 1.29 is 9.53 Å². The number of fused-ring (bicyclic) bond motifs is 7. The molecule has 0 saturated heterocycles. The zero-order chi connectivity index (χ0) is 18.0. The van der Waals surface area contributed by atoms with Gasteiger partial charge in [0.15, 0.2) is 3.79 Å². The summed E-state index contributed by atoms with van der Waals surface area (Å²) in [4.78, 5) is 11.8. The molecule has 0 radical (unpaired) electrons. The number of esters is 1. The number of carbonyl (C=O) groups excluding carboxylic acids is 1. The summed E-state index contributed by atoms with van der Waals surface area (Å²) in [5, 5.41) is 0. The van der Waals surface area contributed by atoms with Crippen molar-refractivity contribution >= 4 is 40.8 Å². The molecule has 2 aromatic rings. The van der Waals surface area contributed by atoms with Gasteiger partial charge in [-0.2, -0.15) is 0 Å². The quantitative estimate of drug-likeness (QED) is 0.443. The van der Waals surface area contributed by atoms with Crippen molar-refractivity contribution in [2.24, 2.45) is 5.41 Å². The van der Waals surface area contributed by atoms with Crippen LogP contribution in [-0.4, -0.2) is 9.76 Å². The highest BCUT2D eigenvalue weighted by Gasteiger charge is 2.66. The van der Waals surface area contributed by atoms with Crippen LogP contribution in [0.1, 0.15) is 54.0 Å². The number of benzene rings is 2. The van der Waals surface area contributed by atoms with Gasteiger partial charge in [0, 0.05) is 24.2 Å². The molecule has 2 bridgehead atoms. The molecule has 0 aromatic heterocycles. The van der Waals surface area contributed by atoms with Gasteiger partial charge in [-0.25, -0.2) is 0 Å². The van der Waals surface area contributed by atoms with Gasteiger partial charge in [-0.3, -0.25) is 4.79 Å². The van der Waals surface area contributed by atoms with Crippen LogP contribution in [0.3, 0.4) is 0 Å². The van der Waals surface area contributed by atoms with Gasteiger partial charge in [-0.15, -0.1) is 0 Å². The standard InChI is InChI=1S/C20H17Cl3O2/c1-11(24)25-18-15-10-6-5-9-14(15)16-12-7-3-4-8-13(12)17(18)19(16,2)20(21,22)23/h3-10,16-18H,1-2H3/t16-,17+,18+,19+/m1/s1. The summed E-state index contributed by atoms with van der Waals surface area (Å²) in [6, 6.07) is 16.1. The molecular formula is C20H17Cl3O2. The average molecular weight is 396 g/mol. The fourth-order valence-corrected chi connectivity index (χ4v) is 5.39. The Hall–Kier alpha value is -1.22. The van der Waals surface area contributed by atoms with E-state index >= 15 is 0 Å². The monoisotopic (exact) mass is 394 g/mol. The van der Waals surface area contributed by atoms with Gasteiger partial charge in [0.05, 0.1) is 0 Å². The molecule has 2 aliphatic rings. The smallest absolute Gasteiger partial charge is 0.303 e. The summed E-state index contributed by atoms with van der Waals surface area (Å²) in [6.45, 7) is 3.41. The van der Waals surface area contributed by atoms with Crippen LogP contribution >= 0.6 is 34.8 Å². The van der Waals surface area contributed by atoms with Gasteiger partial charge in [-0.1, -0.05) is 90.3 Å². The second kappa shape index (κ2) is 5.64. The molecule has 25 heavy (non-hydrogen) atoms. The Labute approximate surface area is 162 Å². The van der Waals surface area contributed by atoms with E-state index in [2.05, 4.69) is 12.1 Å². The van der Waals surface area contributed by atoms with E-state index in [1.165, 1.54) is 6.92 Å². The molecular weight excluding hydrogens is 379 g/mol. The molecule has 4 rings (SSSR count). The summed E-state index contributed by atoms with van der Waals surface area (Å²) < 4.78 is 4.26. The Morgan fingerprint density at radius 1 is 0.960 bits per heavy atom. The topological polar surface area (TPSA) is 26.3 Å². The largest absolute Gasteiger partial charge is 0.457 e. The lowest BCUT2D eigenvalue weighted by atomic mass is 9.62. The Morgan fingerprint density at radius 2 is 1.44 bits per heavy atom. The van der Waals surface area contributed by atoms with Crippen molar-refractivity contribution in [3.05, 3.63) is 70.8 Å². The van der Waals surface area contributed by atoms with Crippen LogP contribution in [0, 0.1) is 5.41 Å². The minimum atomic E-state index is -1.52. The van der Waals surface area contributed by atoms with Crippen LogP contribution < -0.4 is 0 Å². The molecule has 0 saturated carbocycles. The second-order valence-corrected chi connectivity index (χ2v) is 9.26. The number of halogens is 3. The molecule has 4 atom stereocenters. The number of ether oxygens (including phenoxy) is 1. The molecule has 0 aliphatic heterocycles. The third kappa shape index (κ3) is 2.27. The molecule has 2 aromatic carbocycles. The van der Waals surface area contributed by atoms with Crippen molar-refractivity contribution in [2.45, 2.75) is 35.6 Å². The fourth-order valence-electron chi connectivity index (χ4n) is 4.71. The van der Waals surface area contributed by atoms with E-state index in [1.807, 2.05) is 43.3 Å². The highest BCUT2D eigenvalue weighted by atomic mass is 35.6. The SMILES string of the molecule is CC(=O)O[C@H]1c2ccccc2[C@H]2c3ccccc3[C@@H]1[C@@]2(C)C(Cl)(Cl)Cl. The number of rotatable bonds is 1. The second-order valence-electron chi connectivity index (χ2n) is 6.98. The van der Waals surface area contributed by atoms with E-state index < -0.39 is 15.3 Å². The van der Waals surface area contributed by atoms with Crippen molar-refractivity contribution in [1.82, 2.24) is 0 Å². The zero-order valence-corrected chi connectivity index (χ0v) is 16.1. The van der Waals surface area contributed by atoms with Crippen LogP contribution in [-0.2, 0) is 9.53 Å². The van der Waals surface area contributed by atoms with Gasteiger partial charge in [0.1, 0.15) is 6.10 Å². The van der Waals surface area contributed by atoms with E-state index in [0.29, 0.717) is 0 Å². The van der Waals surface area contributed by atoms with Gasteiger partial charge in [0.25, 0.3) is 0 Å². The Bertz CT molecular complexity index is 858. The first-order valence-electron chi connectivity index (χ1n) is 8.18. The maximum absolute atomic E-state index is 11.8. The first kappa shape index (κ1) is 17.2. The Kier molecular flexibility index (Phi) is 3.88. The fraction of sp³-hybridized carbons (Fsp3) is 0.350. The van der Waals surface area contributed by atoms with E-state index in [0.717, 1.165) is 22.3 Å². The lowest BCUT2D eigenvalue weighted by Gasteiger charge is -2.49. The van der Waals surface area contributed by atoms with E-state index in [1.54, 1.807) is 0 Å². The molecule has 5 heteroatoms. The Balaban J connectivity index is 2.07. The zero-order valence-electron chi connectivity index (χ0n) is 13.8. The minimum Gasteiger partial charge on any atom is -0.457 e. The molecule has 0 heterocycles. The first-order chi connectivity index (χ1) is 11.8. The van der Waals surface area contributed by atoms with Crippen LogP contribution in [0.5, 0.6) is 0 Å². The van der Waals surface area contributed by atoms with Crippen LogP contribution in [0.25, 0.3) is 0 Å². The van der Waals surface area contributed by atoms with Gasteiger partial charge < -0.3 is 4.74 Å². The summed E-state index contributed by atoms with van der Waals surface area (Å²) in [5.74, 6) is -0.626. The third-order valence-corrected chi connectivity index (χ3v) is 6.93. The number of hydrogen-bond acceptors (Lipinski definition) is 2. The molecule has 2 nitrogen and oxygen atoms in total. The highest BCUT2D eigenvalue weighted by Crippen LogP contribution is 2.72. The lowest BCUT2D eigenvalue weighted by molar-refractivity contribution is -0.150. The summed E-state index contributed by atoms with van der Waals surface area (Å²) in [7, 11) is 0. The summed E-state index contributed by atoms with van der Waals surface area (Å²) in [5.41, 5.74) is 3.56. The maximum atomic E-state index is 11.8. The van der Waals surface area contributed by atoms with Gasteiger partial charge in [-0.05, 0) is 22.3 Å². The predicted molar refractivity (Wildman–Crippen MR) is 100 cm³/mol. The van der Waals surface area contributed by atoms with E-state index in [-0.39, 0.29) is 17.8 Å². The summed E-state index contributed by atoms with van der Waals surface area (Å²) in [6.07, 6.45) is -0.478. The highest BCUT2D eigenvalue weighted by molar-refractivity contribution is 6.68. The maximum Gasteiger partial charge on any atom is 0.303 e. The lowest BCUT2D eigenvalue weighted by Crippen LogP contribution is -2.45. The van der Waals surface area contributed by atoms with Crippen LogP contribution in [0.2, 0.25) is 0 Å². The van der Waals surface area contributed by atoms with E-state index in [9.17, 15) is 4.79 Å². The van der Waals surface area contributed by atoms with E-state index in [4.69, 9.17) is 39.5 Å². The molecule has 0 fully saturated rings. The van der Waals surface area contributed by atoms with Crippen molar-refractivity contribution in [3.63, 3.8) is 0 Å². The van der Waals surface area contributed by atoms with Crippen LogP contribution in [0.15, 0.2) is 48.5 Å².